The Kier molecular flexibility index (Phi) is 7.47. The second-order valence-corrected chi connectivity index (χ2v) is 6.76. The van der Waals surface area contributed by atoms with E-state index in [1.54, 1.807) is 24.5 Å². The van der Waals surface area contributed by atoms with Crippen molar-refractivity contribution in [2.24, 2.45) is 5.92 Å². The molecule has 0 bridgehead atoms. The van der Waals surface area contributed by atoms with Gasteiger partial charge in [0.15, 0.2) is 0 Å². The lowest BCUT2D eigenvalue weighted by atomic mass is 9.96. The zero-order valence-electron chi connectivity index (χ0n) is 16.3. The Morgan fingerprint density at radius 1 is 1.17 bits per heavy atom. The molecule has 1 aromatic carbocycles. The largest absolute Gasteiger partial charge is 0.434 e. The summed E-state index contributed by atoms with van der Waals surface area (Å²) < 4.78 is 29.7. The van der Waals surface area contributed by atoms with Crippen LogP contribution in [0, 0.1) is 5.92 Å². The summed E-state index contributed by atoms with van der Waals surface area (Å²) in [5, 5.41) is 5.84. The maximum Gasteiger partial charge on any atom is 0.387 e. The number of para-hydroxylation sites is 1. The molecule has 0 saturated carbocycles. The molecular weight excluding hydrogens is 396 g/mol. The lowest BCUT2D eigenvalue weighted by Gasteiger charge is -2.32. The molecular formula is C20H23F2N5O3. The Hall–Kier alpha value is -3.30. The molecule has 2 amide bonds. The number of rotatable bonds is 8. The maximum atomic E-state index is 12.8. The van der Waals surface area contributed by atoms with Crippen LogP contribution in [-0.4, -0.2) is 59.5 Å². The van der Waals surface area contributed by atoms with E-state index in [2.05, 4.69) is 25.3 Å². The summed E-state index contributed by atoms with van der Waals surface area (Å²) in [5.74, 6) is -0.630. The SMILES string of the molecule is O=C(NCCNc1ncccn1)C1CCCN(C(=O)c2ccccc2OC(F)F)C1. The van der Waals surface area contributed by atoms with E-state index in [1.807, 2.05) is 0 Å². The highest BCUT2D eigenvalue weighted by atomic mass is 19.3. The fraction of sp³-hybridized carbons (Fsp3) is 0.400. The second-order valence-electron chi connectivity index (χ2n) is 6.76. The Labute approximate surface area is 172 Å². The average molecular weight is 419 g/mol. The van der Waals surface area contributed by atoms with Crippen LogP contribution in [0.15, 0.2) is 42.7 Å². The minimum Gasteiger partial charge on any atom is -0.434 e. The van der Waals surface area contributed by atoms with Gasteiger partial charge in [0.25, 0.3) is 5.91 Å². The molecule has 1 saturated heterocycles. The van der Waals surface area contributed by atoms with Gasteiger partial charge in [0.1, 0.15) is 5.75 Å². The molecule has 1 atom stereocenters. The van der Waals surface area contributed by atoms with Gasteiger partial charge in [-0.25, -0.2) is 9.97 Å². The number of likely N-dealkylation sites (tertiary alicyclic amines) is 1. The highest BCUT2D eigenvalue weighted by molar-refractivity contribution is 5.97. The molecule has 8 nitrogen and oxygen atoms in total. The van der Waals surface area contributed by atoms with Crippen LogP contribution in [0.5, 0.6) is 5.75 Å². The monoisotopic (exact) mass is 419 g/mol. The van der Waals surface area contributed by atoms with Crippen LogP contribution in [0.1, 0.15) is 23.2 Å². The van der Waals surface area contributed by atoms with Gasteiger partial charge in [-0.2, -0.15) is 8.78 Å². The van der Waals surface area contributed by atoms with E-state index in [0.29, 0.717) is 38.4 Å². The third-order valence-corrected chi connectivity index (χ3v) is 4.69. The summed E-state index contributed by atoms with van der Waals surface area (Å²) in [7, 11) is 0. The van der Waals surface area contributed by atoms with Crippen LogP contribution in [0.3, 0.4) is 0 Å². The number of carbonyl (C=O) groups is 2. The summed E-state index contributed by atoms with van der Waals surface area (Å²) in [6.07, 6.45) is 4.54. The number of nitrogens with zero attached hydrogens (tertiary/aromatic N) is 3. The maximum absolute atomic E-state index is 12.8. The third-order valence-electron chi connectivity index (χ3n) is 4.69. The van der Waals surface area contributed by atoms with E-state index >= 15 is 0 Å². The van der Waals surface area contributed by atoms with Gasteiger partial charge in [0.05, 0.1) is 11.5 Å². The number of ether oxygens (including phenoxy) is 1. The molecule has 160 valence electrons. The Bertz CT molecular complexity index is 853. The summed E-state index contributed by atoms with van der Waals surface area (Å²) in [6, 6.07) is 7.59. The van der Waals surface area contributed by atoms with Crippen molar-refractivity contribution >= 4 is 17.8 Å². The molecule has 2 aromatic rings. The number of hydrogen-bond acceptors (Lipinski definition) is 6. The standard InChI is InChI=1S/C20H23F2N5O3/c21-19(22)30-16-7-2-1-6-15(16)18(29)27-12-3-5-14(13-27)17(28)23-10-11-26-20-24-8-4-9-25-20/h1-2,4,6-9,14,19H,3,5,10-13H2,(H,23,28)(H,24,25,26). The van der Waals surface area contributed by atoms with Crippen LogP contribution in [0.25, 0.3) is 0 Å². The molecule has 0 radical (unpaired) electrons. The van der Waals surface area contributed by atoms with Gasteiger partial charge in [-0.3, -0.25) is 9.59 Å². The molecule has 2 N–H and O–H groups in total. The van der Waals surface area contributed by atoms with Crippen LogP contribution >= 0.6 is 0 Å². The Balaban J connectivity index is 1.52. The van der Waals surface area contributed by atoms with Gasteiger partial charge < -0.3 is 20.3 Å². The van der Waals surface area contributed by atoms with Gasteiger partial charge in [0, 0.05) is 38.6 Å². The molecule has 0 spiro atoms. The van der Waals surface area contributed by atoms with E-state index in [4.69, 9.17) is 0 Å². The Morgan fingerprint density at radius 3 is 2.70 bits per heavy atom. The number of nitrogens with one attached hydrogen (secondary N) is 2. The van der Waals surface area contributed by atoms with Crippen molar-refractivity contribution < 1.29 is 23.1 Å². The van der Waals surface area contributed by atoms with Gasteiger partial charge in [-0.05, 0) is 31.0 Å². The van der Waals surface area contributed by atoms with Crippen molar-refractivity contribution in [2.45, 2.75) is 19.5 Å². The molecule has 1 aromatic heterocycles. The van der Waals surface area contributed by atoms with Crippen molar-refractivity contribution in [3.05, 3.63) is 48.3 Å². The van der Waals surface area contributed by atoms with E-state index in [-0.39, 0.29) is 29.7 Å². The first-order valence-electron chi connectivity index (χ1n) is 9.66. The number of hydrogen-bond donors (Lipinski definition) is 2. The van der Waals surface area contributed by atoms with E-state index in [0.717, 1.165) is 0 Å². The van der Waals surface area contributed by atoms with Crippen LogP contribution < -0.4 is 15.4 Å². The van der Waals surface area contributed by atoms with E-state index in [9.17, 15) is 18.4 Å². The molecule has 1 unspecified atom stereocenters. The highest BCUT2D eigenvalue weighted by Gasteiger charge is 2.30. The highest BCUT2D eigenvalue weighted by Crippen LogP contribution is 2.25. The fourth-order valence-corrected chi connectivity index (χ4v) is 3.28. The number of aromatic nitrogens is 2. The molecule has 1 aliphatic rings. The number of amides is 2. The number of piperidine rings is 1. The zero-order chi connectivity index (χ0) is 21.3. The smallest absolute Gasteiger partial charge is 0.387 e. The average Bonchev–Trinajstić information content (AvgIpc) is 2.77. The summed E-state index contributed by atoms with van der Waals surface area (Å²) >= 11 is 0. The van der Waals surface area contributed by atoms with Crippen molar-refractivity contribution in [3.63, 3.8) is 0 Å². The summed E-state index contributed by atoms with van der Waals surface area (Å²) in [5.41, 5.74) is 0.0610. The van der Waals surface area contributed by atoms with Gasteiger partial charge in [-0.1, -0.05) is 12.1 Å². The fourth-order valence-electron chi connectivity index (χ4n) is 3.28. The van der Waals surface area contributed by atoms with Crippen LogP contribution in [0.2, 0.25) is 0 Å². The van der Waals surface area contributed by atoms with E-state index < -0.39 is 12.5 Å². The topological polar surface area (TPSA) is 96.5 Å². The third kappa shape index (κ3) is 5.85. The molecule has 2 heterocycles. The quantitative estimate of drug-likeness (QED) is 0.637. The number of anilines is 1. The minimum atomic E-state index is -3.02. The molecule has 0 aliphatic carbocycles. The molecule has 1 aliphatic heterocycles. The first-order chi connectivity index (χ1) is 14.5. The predicted octanol–water partition coefficient (Wildman–Crippen LogP) is 2.16. The predicted molar refractivity (Wildman–Crippen MR) is 105 cm³/mol. The van der Waals surface area contributed by atoms with Crippen molar-refractivity contribution in [1.29, 1.82) is 0 Å². The summed E-state index contributed by atoms with van der Waals surface area (Å²) in [6.45, 7) is -1.49. The van der Waals surface area contributed by atoms with Crippen LogP contribution in [0.4, 0.5) is 14.7 Å². The van der Waals surface area contributed by atoms with E-state index in [1.165, 1.54) is 23.1 Å². The van der Waals surface area contributed by atoms with Crippen molar-refractivity contribution in [2.75, 3.05) is 31.5 Å². The molecule has 1 fully saturated rings. The van der Waals surface area contributed by atoms with Gasteiger partial charge in [-0.15, -0.1) is 0 Å². The number of benzene rings is 1. The molecule has 3 rings (SSSR count). The first kappa shape index (κ1) is 21.4. The number of alkyl halides is 2. The molecule has 30 heavy (non-hydrogen) atoms. The summed E-state index contributed by atoms with van der Waals surface area (Å²) in [4.78, 5) is 34.9. The second kappa shape index (κ2) is 10.5. The lowest BCUT2D eigenvalue weighted by Crippen LogP contribution is -2.46. The Morgan fingerprint density at radius 2 is 1.93 bits per heavy atom. The number of carbonyl (C=O) groups excluding carboxylic acids is 2. The lowest BCUT2D eigenvalue weighted by molar-refractivity contribution is -0.126. The van der Waals surface area contributed by atoms with Crippen molar-refractivity contribution in [3.8, 4) is 5.75 Å². The first-order valence-corrected chi connectivity index (χ1v) is 9.66. The van der Waals surface area contributed by atoms with Gasteiger partial charge in [0.2, 0.25) is 11.9 Å². The molecule has 10 heteroatoms. The van der Waals surface area contributed by atoms with Crippen molar-refractivity contribution in [1.82, 2.24) is 20.2 Å². The van der Waals surface area contributed by atoms with Gasteiger partial charge >= 0.3 is 6.61 Å². The van der Waals surface area contributed by atoms with Crippen LogP contribution in [-0.2, 0) is 4.79 Å². The number of halogens is 2. The normalized spacial score (nSPS) is 16.2. The minimum absolute atomic E-state index is 0.0610. The zero-order valence-corrected chi connectivity index (χ0v) is 16.3.